The van der Waals surface area contributed by atoms with Gasteiger partial charge in [-0.2, -0.15) is 9.40 Å². The number of ether oxygens (including phenoxy) is 1. The molecule has 0 atom stereocenters. The van der Waals surface area contributed by atoms with Crippen LogP contribution in [0.4, 0.5) is 0 Å². The molecule has 0 spiro atoms. The number of aromatic nitrogens is 2. The van der Waals surface area contributed by atoms with Gasteiger partial charge in [0.25, 0.3) is 5.91 Å². The minimum absolute atomic E-state index is 0.0340. The molecule has 4 rings (SSSR count). The maximum absolute atomic E-state index is 12.9. The van der Waals surface area contributed by atoms with Crippen LogP contribution in [-0.4, -0.2) is 67.0 Å². The van der Waals surface area contributed by atoms with Crippen molar-refractivity contribution in [2.45, 2.75) is 6.54 Å². The molecule has 1 aromatic carbocycles. The van der Waals surface area contributed by atoms with Crippen molar-refractivity contribution < 1.29 is 17.9 Å². The minimum Gasteiger partial charge on any atom is -0.379 e. The molecule has 8 nitrogen and oxygen atoms in total. The summed E-state index contributed by atoms with van der Waals surface area (Å²) in [5, 5.41) is 9.31. The Balaban J connectivity index is 1.46. The van der Waals surface area contributed by atoms with Gasteiger partial charge in [-0.1, -0.05) is 36.4 Å². The molecule has 3 heterocycles. The third-order valence-corrected chi connectivity index (χ3v) is 7.71. The first-order valence-corrected chi connectivity index (χ1v) is 12.5. The Hall–Kier alpha value is -2.53. The van der Waals surface area contributed by atoms with Gasteiger partial charge in [0, 0.05) is 25.8 Å². The molecule has 164 valence electrons. The number of rotatable bonds is 8. The third kappa shape index (κ3) is 5.40. The number of nitrogens with one attached hydrogen (secondary N) is 1. The zero-order valence-electron chi connectivity index (χ0n) is 16.9. The number of sulfonamides is 1. The predicted molar refractivity (Wildman–Crippen MR) is 120 cm³/mol. The number of nitrogens with zero attached hydrogens (tertiary/aromatic N) is 3. The highest BCUT2D eigenvalue weighted by molar-refractivity contribution is 7.89. The fourth-order valence-corrected chi connectivity index (χ4v) is 5.42. The molecular weight excluding hydrogens is 436 g/mol. The summed E-state index contributed by atoms with van der Waals surface area (Å²) < 4.78 is 33.3. The molecule has 1 fully saturated rings. The third-order valence-electron chi connectivity index (χ3n) is 4.96. The number of amides is 1. The summed E-state index contributed by atoms with van der Waals surface area (Å²) in [5.74, 6) is -0.481. The molecule has 0 bridgehead atoms. The summed E-state index contributed by atoms with van der Waals surface area (Å²) in [6, 6.07) is 13.7. The van der Waals surface area contributed by atoms with Crippen LogP contribution in [0.25, 0.3) is 10.6 Å². The maximum atomic E-state index is 12.9. The minimum atomic E-state index is -3.43. The van der Waals surface area contributed by atoms with E-state index >= 15 is 0 Å². The monoisotopic (exact) mass is 460 g/mol. The predicted octanol–water partition coefficient (Wildman–Crippen LogP) is 2.05. The highest BCUT2D eigenvalue weighted by atomic mass is 32.2. The van der Waals surface area contributed by atoms with E-state index in [0.29, 0.717) is 44.1 Å². The SMILES string of the molecule is O=C(NCCS(=O)(=O)N1CCOCC1)c1cn(Cc2ccccc2)nc1-c1cccs1. The lowest BCUT2D eigenvalue weighted by Gasteiger charge is -2.26. The summed E-state index contributed by atoms with van der Waals surface area (Å²) in [7, 11) is -3.43. The Kier molecular flexibility index (Phi) is 6.81. The summed E-state index contributed by atoms with van der Waals surface area (Å²) in [6.07, 6.45) is 1.72. The molecule has 1 aliphatic rings. The number of hydrogen-bond donors (Lipinski definition) is 1. The van der Waals surface area contributed by atoms with E-state index in [4.69, 9.17) is 4.74 Å². The van der Waals surface area contributed by atoms with Crippen LogP contribution < -0.4 is 5.32 Å². The molecule has 1 amide bonds. The molecule has 2 aromatic heterocycles. The van der Waals surface area contributed by atoms with Gasteiger partial charge < -0.3 is 10.1 Å². The van der Waals surface area contributed by atoms with Crippen molar-refractivity contribution in [2.24, 2.45) is 0 Å². The van der Waals surface area contributed by atoms with Gasteiger partial charge >= 0.3 is 0 Å². The number of carbonyl (C=O) groups excluding carboxylic acids is 1. The average molecular weight is 461 g/mol. The van der Waals surface area contributed by atoms with Crippen LogP contribution >= 0.6 is 11.3 Å². The largest absolute Gasteiger partial charge is 0.379 e. The summed E-state index contributed by atoms with van der Waals surface area (Å²) in [5.41, 5.74) is 2.10. The molecular formula is C21H24N4O4S2. The molecule has 0 radical (unpaired) electrons. The molecule has 0 saturated carbocycles. The first-order chi connectivity index (χ1) is 15.0. The number of thiophene rings is 1. The Labute approximate surface area is 185 Å². The van der Waals surface area contributed by atoms with E-state index in [9.17, 15) is 13.2 Å². The van der Waals surface area contributed by atoms with Crippen LogP contribution in [0.3, 0.4) is 0 Å². The standard InChI is InChI=1S/C21H24N4O4S2/c26-21(22-8-14-31(27,28)25-9-11-29-12-10-25)18-16-24(15-17-5-2-1-3-6-17)23-20(18)19-7-4-13-30-19/h1-7,13,16H,8-12,14-15H2,(H,22,26). The Bertz CT molecular complexity index is 1110. The van der Waals surface area contributed by atoms with Crippen LogP contribution in [0.5, 0.6) is 0 Å². The first-order valence-electron chi connectivity index (χ1n) is 10.0. The number of morpholine rings is 1. The van der Waals surface area contributed by atoms with Crippen LogP contribution in [0.1, 0.15) is 15.9 Å². The van der Waals surface area contributed by atoms with Crippen molar-refractivity contribution in [2.75, 3.05) is 38.6 Å². The molecule has 3 aromatic rings. The van der Waals surface area contributed by atoms with Gasteiger partial charge in [0.05, 0.1) is 36.0 Å². The van der Waals surface area contributed by atoms with Crippen molar-refractivity contribution in [3.8, 4) is 10.6 Å². The molecule has 0 unspecified atom stereocenters. The molecule has 1 N–H and O–H groups in total. The van der Waals surface area contributed by atoms with Crippen molar-refractivity contribution in [1.29, 1.82) is 0 Å². The van der Waals surface area contributed by atoms with Gasteiger partial charge in [-0.05, 0) is 17.0 Å². The van der Waals surface area contributed by atoms with Gasteiger partial charge in [0.15, 0.2) is 0 Å². The van der Waals surface area contributed by atoms with Crippen molar-refractivity contribution in [3.05, 3.63) is 65.2 Å². The fraction of sp³-hybridized carbons (Fsp3) is 0.333. The van der Waals surface area contributed by atoms with Crippen molar-refractivity contribution >= 4 is 27.3 Å². The van der Waals surface area contributed by atoms with E-state index in [-0.39, 0.29) is 18.2 Å². The zero-order valence-corrected chi connectivity index (χ0v) is 18.6. The Morgan fingerprint density at radius 2 is 1.90 bits per heavy atom. The quantitative estimate of drug-likeness (QED) is 0.555. The second-order valence-electron chi connectivity index (χ2n) is 7.14. The molecule has 10 heteroatoms. The van der Waals surface area contributed by atoms with Crippen molar-refractivity contribution in [3.63, 3.8) is 0 Å². The van der Waals surface area contributed by atoms with Crippen LogP contribution in [-0.2, 0) is 21.3 Å². The van der Waals surface area contributed by atoms with Crippen molar-refractivity contribution in [1.82, 2.24) is 19.4 Å². The molecule has 1 saturated heterocycles. The number of carbonyl (C=O) groups is 1. The van der Waals surface area contributed by atoms with E-state index in [0.717, 1.165) is 10.4 Å². The van der Waals surface area contributed by atoms with E-state index in [1.54, 1.807) is 10.9 Å². The number of benzene rings is 1. The van der Waals surface area contributed by atoms with Crippen LogP contribution in [0, 0.1) is 0 Å². The lowest BCUT2D eigenvalue weighted by Crippen LogP contribution is -2.43. The Morgan fingerprint density at radius 1 is 1.13 bits per heavy atom. The second kappa shape index (κ2) is 9.73. The molecule has 31 heavy (non-hydrogen) atoms. The molecule has 1 aliphatic heterocycles. The smallest absolute Gasteiger partial charge is 0.255 e. The second-order valence-corrected chi connectivity index (χ2v) is 10.2. The van der Waals surface area contributed by atoms with Gasteiger partial charge in [-0.3, -0.25) is 9.48 Å². The first kappa shape index (κ1) is 21.7. The van der Waals surface area contributed by atoms with Gasteiger partial charge in [-0.25, -0.2) is 8.42 Å². The van der Waals surface area contributed by atoms with Gasteiger partial charge in [0.1, 0.15) is 5.69 Å². The zero-order chi connectivity index (χ0) is 21.7. The molecule has 0 aliphatic carbocycles. The van der Waals surface area contributed by atoms with E-state index < -0.39 is 10.0 Å². The van der Waals surface area contributed by atoms with Gasteiger partial charge in [0.2, 0.25) is 10.0 Å². The normalized spacial score (nSPS) is 15.1. The highest BCUT2D eigenvalue weighted by Crippen LogP contribution is 2.27. The Morgan fingerprint density at radius 3 is 2.61 bits per heavy atom. The highest BCUT2D eigenvalue weighted by Gasteiger charge is 2.25. The lowest BCUT2D eigenvalue weighted by molar-refractivity contribution is 0.0730. The van der Waals surface area contributed by atoms with Crippen LogP contribution in [0.15, 0.2) is 54.0 Å². The van der Waals surface area contributed by atoms with Gasteiger partial charge in [-0.15, -0.1) is 11.3 Å². The van der Waals surface area contributed by atoms with E-state index in [2.05, 4.69) is 10.4 Å². The van der Waals surface area contributed by atoms with E-state index in [1.165, 1.54) is 15.6 Å². The topological polar surface area (TPSA) is 93.5 Å². The summed E-state index contributed by atoms with van der Waals surface area (Å²) in [6.45, 7) is 2.08. The maximum Gasteiger partial charge on any atom is 0.255 e. The summed E-state index contributed by atoms with van der Waals surface area (Å²) in [4.78, 5) is 13.8. The lowest BCUT2D eigenvalue weighted by atomic mass is 10.2. The average Bonchev–Trinajstić information content (AvgIpc) is 3.45. The summed E-state index contributed by atoms with van der Waals surface area (Å²) >= 11 is 1.50. The number of hydrogen-bond acceptors (Lipinski definition) is 6. The van der Waals surface area contributed by atoms with Crippen LogP contribution in [0.2, 0.25) is 0 Å². The fourth-order valence-electron chi connectivity index (χ4n) is 3.38. The van der Waals surface area contributed by atoms with E-state index in [1.807, 2.05) is 47.8 Å².